The predicted octanol–water partition coefficient (Wildman–Crippen LogP) is 3.47. The van der Waals surface area contributed by atoms with Crippen LogP contribution in [-0.2, 0) is 26.0 Å². The third kappa shape index (κ3) is 4.79. The van der Waals surface area contributed by atoms with E-state index in [1.165, 1.54) is 17.3 Å². The highest BCUT2D eigenvalue weighted by Crippen LogP contribution is 2.32. The van der Waals surface area contributed by atoms with Crippen molar-refractivity contribution < 1.29 is 22.4 Å². The first-order valence-electron chi connectivity index (χ1n) is 11.1. The molecule has 2 amide bonds. The van der Waals surface area contributed by atoms with E-state index in [9.17, 15) is 22.4 Å². The Bertz CT molecular complexity index is 1190. The van der Waals surface area contributed by atoms with Gasteiger partial charge >= 0.3 is 0 Å². The van der Waals surface area contributed by atoms with Gasteiger partial charge < -0.3 is 10.2 Å². The maximum atomic E-state index is 13.7. The Morgan fingerprint density at radius 1 is 1.06 bits per heavy atom. The summed E-state index contributed by atoms with van der Waals surface area (Å²) in [6.45, 7) is 4.27. The van der Waals surface area contributed by atoms with Crippen molar-refractivity contribution in [1.29, 1.82) is 0 Å². The van der Waals surface area contributed by atoms with Crippen molar-refractivity contribution in [2.75, 3.05) is 29.9 Å². The lowest BCUT2D eigenvalue weighted by Crippen LogP contribution is -2.41. The molecule has 2 aromatic carbocycles. The Hall–Kier alpha value is -2.78. The van der Waals surface area contributed by atoms with Crippen LogP contribution >= 0.6 is 0 Å². The Balaban J connectivity index is 1.42. The van der Waals surface area contributed by atoms with Gasteiger partial charge in [-0.25, -0.2) is 12.8 Å². The lowest BCUT2D eigenvalue weighted by Gasteiger charge is -2.32. The molecule has 0 atom stereocenters. The Kier molecular flexibility index (Phi) is 6.54. The summed E-state index contributed by atoms with van der Waals surface area (Å²) in [5, 5.41) is 2.73. The van der Waals surface area contributed by atoms with Gasteiger partial charge in [0.1, 0.15) is 5.82 Å². The van der Waals surface area contributed by atoms with E-state index in [1.807, 2.05) is 0 Å². The van der Waals surface area contributed by atoms with Crippen LogP contribution in [-0.4, -0.2) is 44.2 Å². The highest BCUT2D eigenvalue weighted by molar-refractivity contribution is 7.89. The van der Waals surface area contributed by atoms with Crippen molar-refractivity contribution in [2.45, 2.75) is 44.4 Å². The van der Waals surface area contributed by atoms with Gasteiger partial charge in [-0.15, -0.1) is 0 Å². The molecule has 0 bridgehead atoms. The number of aryl methyl sites for hydroxylation is 2. The molecule has 1 N–H and O–H groups in total. The summed E-state index contributed by atoms with van der Waals surface area (Å²) in [6.07, 6.45) is 2.30. The summed E-state index contributed by atoms with van der Waals surface area (Å²) in [5.74, 6) is -1.01. The molecule has 1 fully saturated rings. The van der Waals surface area contributed by atoms with E-state index < -0.39 is 10.0 Å². The van der Waals surface area contributed by atoms with Crippen molar-refractivity contribution in [3.8, 4) is 0 Å². The summed E-state index contributed by atoms with van der Waals surface area (Å²) >= 11 is 0. The Morgan fingerprint density at radius 3 is 2.45 bits per heavy atom. The van der Waals surface area contributed by atoms with Crippen LogP contribution in [0.4, 0.5) is 15.8 Å². The third-order valence-electron chi connectivity index (χ3n) is 6.45. The molecular formula is C24H28FN3O4S. The first-order chi connectivity index (χ1) is 15.7. The fraction of sp³-hybridized carbons (Fsp3) is 0.417. The zero-order valence-electron chi connectivity index (χ0n) is 18.8. The number of benzene rings is 2. The largest absolute Gasteiger partial charge is 0.326 e. The van der Waals surface area contributed by atoms with Crippen LogP contribution in [0, 0.1) is 18.7 Å². The normalized spacial score (nSPS) is 17.5. The van der Waals surface area contributed by atoms with Gasteiger partial charge in [0.25, 0.3) is 0 Å². The second-order valence-corrected chi connectivity index (χ2v) is 10.6. The number of nitrogens with zero attached hydrogens (tertiary/aromatic N) is 2. The smallest absolute Gasteiger partial charge is 0.243 e. The fourth-order valence-corrected chi connectivity index (χ4v) is 6.00. The van der Waals surface area contributed by atoms with Gasteiger partial charge in [0.2, 0.25) is 21.8 Å². The molecule has 0 aromatic heterocycles. The van der Waals surface area contributed by atoms with Gasteiger partial charge in [0, 0.05) is 43.9 Å². The fourth-order valence-electron chi connectivity index (χ4n) is 4.48. The number of hydrogen-bond donors (Lipinski definition) is 1. The molecule has 2 aromatic rings. The van der Waals surface area contributed by atoms with E-state index >= 15 is 0 Å². The molecule has 0 unspecified atom stereocenters. The first kappa shape index (κ1) is 23.4. The first-order valence-corrected chi connectivity index (χ1v) is 12.6. The molecule has 2 aliphatic rings. The minimum Gasteiger partial charge on any atom is -0.326 e. The molecule has 2 heterocycles. The van der Waals surface area contributed by atoms with Crippen LogP contribution in [0.2, 0.25) is 0 Å². The molecule has 0 radical (unpaired) electrons. The van der Waals surface area contributed by atoms with Gasteiger partial charge in [0.05, 0.1) is 4.90 Å². The van der Waals surface area contributed by atoms with Crippen molar-refractivity contribution in [1.82, 2.24) is 4.31 Å². The topological polar surface area (TPSA) is 86.8 Å². The number of fused-ring (bicyclic) bond motifs is 1. The minimum absolute atomic E-state index is 0.0553. The number of nitrogens with one attached hydrogen (secondary N) is 1. The number of anilines is 2. The SMILES string of the molecule is CC(=O)N1CCCc2cc(S(=O)(=O)N3CCC(C(=O)Nc4ccc(C)c(F)c4)CC3)ccc21. The zero-order chi connectivity index (χ0) is 23.8. The van der Waals surface area contributed by atoms with E-state index in [1.54, 1.807) is 42.2 Å². The van der Waals surface area contributed by atoms with Gasteiger partial charge in [-0.05, 0) is 74.1 Å². The maximum absolute atomic E-state index is 13.7. The second-order valence-electron chi connectivity index (χ2n) is 8.70. The van der Waals surface area contributed by atoms with Crippen LogP contribution in [0.25, 0.3) is 0 Å². The highest BCUT2D eigenvalue weighted by Gasteiger charge is 2.33. The Labute approximate surface area is 193 Å². The lowest BCUT2D eigenvalue weighted by molar-refractivity contribution is -0.121. The molecule has 0 spiro atoms. The summed E-state index contributed by atoms with van der Waals surface area (Å²) in [5.41, 5.74) is 2.53. The standard InChI is InChI=1S/C24H28FN3O4S/c1-16-5-6-20(15-22(16)25)26-24(30)18-9-12-27(13-10-18)33(31,32)21-7-8-23-19(14-21)4-3-11-28(23)17(2)29/h5-8,14-15,18H,3-4,9-13H2,1-2H3,(H,26,30). The molecule has 0 aliphatic carbocycles. The molecule has 2 aliphatic heterocycles. The summed E-state index contributed by atoms with van der Waals surface area (Å²) in [4.78, 5) is 26.4. The summed E-state index contributed by atoms with van der Waals surface area (Å²) in [6, 6.07) is 9.48. The quantitative estimate of drug-likeness (QED) is 0.737. The molecule has 4 rings (SSSR count). The van der Waals surface area contributed by atoms with E-state index in [0.29, 0.717) is 30.6 Å². The number of carbonyl (C=O) groups excluding carboxylic acids is 2. The Morgan fingerprint density at radius 2 is 1.79 bits per heavy atom. The average molecular weight is 474 g/mol. The summed E-state index contributed by atoms with van der Waals surface area (Å²) < 4.78 is 41.6. The molecule has 176 valence electrons. The number of piperidine rings is 1. The van der Waals surface area contributed by atoms with Crippen LogP contribution in [0.3, 0.4) is 0 Å². The third-order valence-corrected chi connectivity index (χ3v) is 8.35. The summed E-state index contributed by atoms with van der Waals surface area (Å²) in [7, 11) is -3.70. The van der Waals surface area contributed by atoms with Crippen molar-refractivity contribution in [3.63, 3.8) is 0 Å². The zero-order valence-corrected chi connectivity index (χ0v) is 19.6. The molecule has 33 heavy (non-hydrogen) atoms. The number of amides is 2. The molecule has 1 saturated heterocycles. The van der Waals surface area contributed by atoms with Crippen molar-refractivity contribution in [3.05, 3.63) is 53.3 Å². The average Bonchev–Trinajstić information content (AvgIpc) is 2.80. The molecular weight excluding hydrogens is 445 g/mol. The number of hydrogen-bond acceptors (Lipinski definition) is 4. The van der Waals surface area contributed by atoms with Gasteiger partial charge in [-0.2, -0.15) is 4.31 Å². The van der Waals surface area contributed by atoms with Gasteiger partial charge in [0.15, 0.2) is 0 Å². The van der Waals surface area contributed by atoms with Crippen LogP contribution < -0.4 is 10.2 Å². The minimum atomic E-state index is -3.70. The maximum Gasteiger partial charge on any atom is 0.243 e. The number of sulfonamides is 1. The van der Waals surface area contributed by atoms with Crippen molar-refractivity contribution in [2.24, 2.45) is 5.92 Å². The predicted molar refractivity (Wildman–Crippen MR) is 124 cm³/mol. The van der Waals surface area contributed by atoms with Gasteiger partial charge in [-0.3, -0.25) is 9.59 Å². The molecule has 9 heteroatoms. The monoisotopic (exact) mass is 473 g/mol. The van der Waals surface area contributed by atoms with E-state index in [0.717, 1.165) is 24.1 Å². The number of rotatable bonds is 4. The number of halogens is 1. The van der Waals surface area contributed by atoms with Crippen LogP contribution in [0.15, 0.2) is 41.3 Å². The molecule has 7 nitrogen and oxygen atoms in total. The van der Waals surface area contributed by atoms with Crippen LogP contribution in [0.5, 0.6) is 0 Å². The van der Waals surface area contributed by atoms with Gasteiger partial charge in [-0.1, -0.05) is 6.07 Å². The van der Waals surface area contributed by atoms with E-state index in [4.69, 9.17) is 0 Å². The second kappa shape index (κ2) is 9.23. The van der Waals surface area contributed by atoms with Crippen LogP contribution in [0.1, 0.15) is 37.3 Å². The number of carbonyl (C=O) groups is 2. The van der Waals surface area contributed by atoms with E-state index in [-0.39, 0.29) is 41.5 Å². The van der Waals surface area contributed by atoms with Crippen molar-refractivity contribution >= 4 is 33.2 Å². The molecule has 0 saturated carbocycles. The lowest BCUT2D eigenvalue weighted by atomic mass is 9.97. The van der Waals surface area contributed by atoms with E-state index in [2.05, 4.69) is 5.32 Å². The highest BCUT2D eigenvalue weighted by atomic mass is 32.2.